The average molecular weight is 310 g/mol. The SMILES string of the molecule is CC(C)(c1ccc(F)cc1)C(N)Cc1cc(F)ccc1Cl. The van der Waals surface area contributed by atoms with Crippen LogP contribution in [0.5, 0.6) is 0 Å². The number of benzene rings is 2. The Morgan fingerprint density at radius 1 is 1.05 bits per heavy atom. The van der Waals surface area contributed by atoms with Crippen molar-refractivity contribution in [3.05, 3.63) is 70.2 Å². The van der Waals surface area contributed by atoms with Crippen LogP contribution in [0.3, 0.4) is 0 Å². The van der Waals surface area contributed by atoms with Crippen LogP contribution in [0.25, 0.3) is 0 Å². The number of hydrogen-bond donors (Lipinski definition) is 1. The standard InChI is InChI=1S/C17H18ClF2N/c1-17(2,12-3-5-13(19)6-4-12)16(21)10-11-9-14(20)7-8-15(11)18/h3-9,16H,10,21H2,1-2H3. The van der Waals surface area contributed by atoms with Gasteiger partial charge in [0, 0.05) is 16.5 Å². The molecule has 112 valence electrons. The average Bonchev–Trinajstić information content (AvgIpc) is 2.43. The highest BCUT2D eigenvalue weighted by molar-refractivity contribution is 6.31. The number of hydrogen-bond acceptors (Lipinski definition) is 1. The summed E-state index contributed by atoms with van der Waals surface area (Å²) in [6.45, 7) is 3.97. The molecule has 0 bridgehead atoms. The van der Waals surface area contributed by atoms with Gasteiger partial charge in [-0.2, -0.15) is 0 Å². The second-order valence-electron chi connectivity index (χ2n) is 5.77. The molecular weight excluding hydrogens is 292 g/mol. The zero-order chi connectivity index (χ0) is 15.6. The van der Waals surface area contributed by atoms with Gasteiger partial charge in [0.1, 0.15) is 11.6 Å². The summed E-state index contributed by atoms with van der Waals surface area (Å²) in [4.78, 5) is 0. The molecule has 21 heavy (non-hydrogen) atoms. The van der Waals surface area contributed by atoms with Gasteiger partial charge in [0.25, 0.3) is 0 Å². The minimum atomic E-state index is -0.386. The van der Waals surface area contributed by atoms with Crippen molar-refractivity contribution in [2.45, 2.75) is 31.7 Å². The second kappa shape index (κ2) is 6.12. The maximum Gasteiger partial charge on any atom is 0.123 e. The first-order valence-corrected chi connectivity index (χ1v) is 7.14. The predicted molar refractivity (Wildman–Crippen MR) is 82.5 cm³/mol. The Morgan fingerprint density at radius 2 is 1.62 bits per heavy atom. The molecule has 0 fully saturated rings. The molecular formula is C17H18ClF2N. The molecule has 0 radical (unpaired) electrons. The van der Waals surface area contributed by atoms with E-state index in [1.54, 1.807) is 12.1 Å². The highest BCUT2D eigenvalue weighted by Gasteiger charge is 2.29. The van der Waals surface area contributed by atoms with Crippen molar-refractivity contribution in [1.29, 1.82) is 0 Å². The van der Waals surface area contributed by atoms with Gasteiger partial charge >= 0.3 is 0 Å². The quantitative estimate of drug-likeness (QED) is 0.886. The molecule has 0 saturated heterocycles. The summed E-state index contributed by atoms with van der Waals surface area (Å²) in [5.41, 5.74) is 7.53. The molecule has 0 aromatic heterocycles. The van der Waals surface area contributed by atoms with E-state index in [4.69, 9.17) is 17.3 Å². The van der Waals surface area contributed by atoms with Gasteiger partial charge in [0.15, 0.2) is 0 Å². The van der Waals surface area contributed by atoms with Gasteiger partial charge < -0.3 is 5.73 Å². The molecule has 1 unspecified atom stereocenters. The largest absolute Gasteiger partial charge is 0.327 e. The number of rotatable bonds is 4. The maximum absolute atomic E-state index is 13.3. The van der Waals surface area contributed by atoms with Crippen molar-refractivity contribution in [3.8, 4) is 0 Å². The van der Waals surface area contributed by atoms with Gasteiger partial charge in [-0.15, -0.1) is 0 Å². The van der Waals surface area contributed by atoms with Crippen molar-refractivity contribution in [1.82, 2.24) is 0 Å². The van der Waals surface area contributed by atoms with Crippen LogP contribution in [0.15, 0.2) is 42.5 Å². The van der Waals surface area contributed by atoms with Gasteiger partial charge in [-0.05, 0) is 47.9 Å². The van der Waals surface area contributed by atoms with Crippen molar-refractivity contribution in [3.63, 3.8) is 0 Å². The van der Waals surface area contributed by atoms with Gasteiger partial charge in [0.05, 0.1) is 0 Å². The second-order valence-corrected chi connectivity index (χ2v) is 6.18. The van der Waals surface area contributed by atoms with E-state index in [9.17, 15) is 8.78 Å². The molecule has 2 N–H and O–H groups in total. The first-order valence-electron chi connectivity index (χ1n) is 6.76. The Bertz CT molecular complexity index is 623. The Hall–Kier alpha value is -1.45. The summed E-state index contributed by atoms with van der Waals surface area (Å²) < 4.78 is 26.4. The van der Waals surface area contributed by atoms with Crippen molar-refractivity contribution >= 4 is 11.6 Å². The zero-order valence-corrected chi connectivity index (χ0v) is 12.8. The highest BCUT2D eigenvalue weighted by atomic mass is 35.5. The van der Waals surface area contributed by atoms with Crippen LogP contribution in [0.1, 0.15) is 25.0 Å². The van der Waals surface area contributed by atoms with Crippen LogP contribution in [-0.2, 0) is 11.8 Å². The molecule has 0 spiro atoms. The third-order valence-electron chi connectivity index (χ3n) is 3.96. The van der Waals surface area contributed by atoms with Crippen LogP contribution >= 0.6 is 11.6 Å². The Kier molecular flexibility index (Phi) is 4.64. The van der Waals surface area contributed by atoms with E-state index >= 15 is 0 Å². The molecule has 2 aromatic rings. The summed E-state index contributed by atoms with van der Waals surface area (Å²) in [7, 11) is 0. The minimum absolute atomic E-state index is 0.276. The van der Waals surface area contributed by atoms with Crippen LogP contribution in [-0.4, -0.2) is 6.04 Å². The van der Waals surface area contributed by atoms with E-state index in [-0.39, 0.29) is 23.1 Å². The fourth-order valence-corrected chi connectivity index (χ4v) is 2.48. The lowest BCUT2D eigenvalue weighted by atomic mass is 9.76. The summed E-state index contributed by atoms with van der Waals surface area (Å²) in [6.07, 6.45) is 0.445. The first-order chi connectivity index (χ1) is 9.80. The molecule has 0 aliphatic carbocycles. The lowest BCUT2D eigenvalue weighted by Crippen LogP contribution is -2.42. The monoisotopic (exact) mass is 309 g/mol. The summed E-state index contributed by atoms with van der Waals surface area (Å²) in [6, 6.07) is 10.3. The maximum atomic E-state index is 13.3. The molecule has 1 atom stereocenters. The van der Waals surface area contributed by atoms with E-state index < -0.39 is 0 Å². The smallest absolute Gasteiger partial charge is 0.123 e. The van der Waals surface area contributed by atoms with Gasteiger partial charge in [-0.3, -0.25) is 0 Å². The highest BCUT2D eigenvalue weighted by Crippen LogP contribution is 2.29. The molecule has 1 nitrogen and oxygen atoms in total. The Balaban J connectivity index is 2.23. The Morgan fingerprint density at radius 3 is 2.24 bits per heavy atom. The molecule has 0 amide bonds. The predicted octanol–water partition coefficient (Wildman–Crippen LogP) is 4.47. The van der Waals surface area contributed by atoms with E-state index in [0.717, 1.165) is 5.56 Å². The first kappa shape index (κ1) is 15.9. The molecule has 2 rings (SSSR count). The summed E-state index contributed by atoms with van der Waals surface area (Å²) >= 11 is 6.09. The van der Waals surface area contributed by atoms with Gasteiger partial charge in [-0.25, -0.2) is 8.78 Å². The zero-order valence-electron chi connectivity index (χ0n) is 12.0. The van der Waals surface area contributed by atoms with Crippen molar-refractivity contribution < 1.29 is 8.78 Å². The summed E-state index contributed by atoms with van der Waals surface area (Å²) in [5.74, 6) is -0.613. The van der Waals surface area contributed by atoms with Crippen LogP contribution in [0.2, 0.25) is 5.02 Å². The van der Waals surface area contributed by atoms with E-state index in [1.807, 2.05) is 13.8 Å². The lowest BCUT2D eigenvalue weighted by molar-refractivity contribution is 0.405. The third kappa shape index (κ3) is 3.60. The lowest BCUT2D eigenvalue weighted by Gasteiger charge is -2.32. The summed E-state index contributed by atoms with van der Waals surface area (Å²) in [5, 5.41) is 0.502. The number of halogens is 3. The normalized spacial score (nSPS) is 13.2. The molecule has 0 aliphatic heterocycles. The van der Waals surface area contributed by atoms with Crippen molar-refractivity contribution in [2.75, 3.05) is 0 Å². The minimum Gasteiger partial charge on any atom is -0.327 e. The molecule has 0 aliphatic rings. The third-order valence-corrected chi connectivity index (χ3v) is 4.33. The number of nitrogens with two attached hydrogens (primary N) is 1. The topological polar surface area (TPSA) is 26.0 Å². The Labute approximate surface area is 128 Å². The van der Waals surface area contributed by atoms with Crippen LogP contribution < -0.4 is 5.73 Å². The van der Waals surface area contributed by atoms with Gasteiger partial charge in [-0.1, -0.05) is 37.6 Å². The molecule has 0 heterocycles. The molecule has 0 saturated carbocycles. The fraction of sp³-hybridized carbons (Fsp3) is 0.294. The molecule has 4 heteroatoms. The van der Waals surface area contributed by atoms with E-state index in [1.165, 1.54) is 30.3 Å². The van der Waals surface area contributed by atoms with Gasteiger partial charge in [0.2, 0.25) is 0 Å². The van der Waals surface area contributed by atoms with Crippen LogP contribution in [0, 0.1) is 11.6 Å². The fourth-order valence-electron chi connectivity index (χ4n) is 2.29. The van der Waals surface area contributed by atoms with E-state index in [0.29, 0.717) is 17.0 Å². The van der Waals surface area contributed by atoms with Crippen LogP contribution in [0.4, 0.5) is 8.78 Å². The van der Waals surface area contributed by atoms with E-state index in [2.05, 4.69) is 0 Å². The van der Waals surface area contributed by atoms with Crippen molar-refractivity contribution in [2.24, 2.45) is 5.73 Å². The molecule has 2 aromatic carbocycles.